The number of ether oxygens (including phenoxy) is 1. The van der Waals surface area contributed by atoms with Crippen molar-refractivity contribution in [3.63, 3.8) is 0 Å². The Hall–Kier alpha value is -3.06. The Morgan fingerprint density at radius 3 is 2.61 bits per heavy atom. The second kappa shape index (κ2) is 8.75. The van der Waals surface area contributed by atoms with E-state index < -0.39 is 6.09 Å². The zero-order valence-corrected chi connectivity index (χ0v) is 16.1. The molecule has 28 heavy (non-hydrogen) atoms. The van der Waals surface area contributed by atoms with Gasteiger partial charge in [0.15, 0.2) is 0 Å². The molecule has 0 atom stereocenters. The van der Waals surface area contributed by atoms with Crippen LogP contribution in [-0.2, 0) is 9.53 Å². The molecular formula is C20H20ClN3O4. The molecule has 146 valence electrons. The van der Waals surface area contributed by atoms with Crippen LogP contribution in [0.1, 0.15) is 30.1 Å². The molecule has 0 radical (unpaired) electrons. The maximum Gasteiger partial charge on any atom is 0.411 e. The second-order valence-corrected chi connectivity index (χ2v) is 6.60. The number of benzene rings is 2. The summed E-state index contributed by atoms with van der Waals surface area (Å²) in [6, 6.07) is 11.5. The molecule has 2 aromatic rings. The highest BCUT2D eigenvalue weighted by Crippen LogP contribution is 2.31. The van der Waals surface area contributed by atoms with Crippen molar-refractivity contribution in [2.45, 2.75) is 19.8 Å². The zero-order chi connectivity index (χ0) is 20.1. The summed E-state index contributed by atoms with van der Waals surface area (Å²) in [4.78, 5) is 37.6. The largest absolute Gasteiger partial charge is 0.450 e. The monoisotopic (exact) mass is 401 g/mol. The predicted molar refractivity (Wildman–Crippen MR) is 108 cm³/mol. The number of halogens is 1. The van der Waals surface area contributed by atoms with Crippen LogP contribution in [-0.4, -0.2) is 31.1 Å². The van der Waals surface area contributed by atoms with Crippen LogP contribution in [0.25, 0.3) is 0 Å². The first-order valence-electron chi connectivity index (χ1n) is 8.93. The van der Waals surface area contributed by atoms with Gasteiger partial charge in [-0.15, -0.1) is 0 Å². The summed E-state index contributed by atoms with van der Waals surface area (Å²) in [6.07, 6.45) is 0.744. The molecule has 1 aliphatic rings. The number of rotatable bonds is 5. The standard InChI is InChI=1S/C20H20ClN3O4/c1-2-28-20(27)23-14-6-3-5-13(11-14)19(26)22-15-8-9-17(16(21)12-15)24-10-4-7-18(24)25/h3,5-6,8-9,11-12H,2,4,7,10H2,1H3,(H,22,26)(H,23,27). The Bertz CT molecular complexity index is 916. The fourth-order valence-electron chi connectivity index (χ4n) is 2.93. The fraction of sp³-hybridized carbons (Fsp3) is 0.250. The van der Waals surface area contributed by atoms with E-state index in [9.17, 15) is 14.4 Å². The lowest BCUT2D eigenvalue weighted by Crippen LogP contribution is -2.24. The van der Waals surface area contributed by atoms with Crippen LogP contribution in [0.4, 0.5) is 21.9 Å². The first-order chi connectivity index (χ1) is 13.5. The van der Waals surface area contributed by atoms with Gasteiger partial charge in [-0.2, -0.15) is 0 Å². The minimum absolute atomic E-state index is 0.0459. The minimum Gasteiger partial charge on any atom is -0.450 e. The van der Waals surface area contributed by atoms with Crippen molar-refractivity contribution in [3.8, 4) is 0 Å². The molecule has 0 unspecified atom stereocenters. The highest BCUT2D eigenvalue weighted by molar-refractivity contribution is 6.34. The van der Waals surface area contributed by atoms with Crippen molar-refractivity contribution in [1.82, 2.24) is 0 Å². The van der Waals surface area contributed by atoms with E-state index >= 15 is 0 Å². The van der Waals surface area contributed by atoms with Crippen molar-refractivity contribution in [2.24, 2.45) is 0 Å². The van der Waals surface area contributed by atoms with Gasteiger partial charge in [0.1, 0.15) is 0 Å². The SMILES string of the molecule is CCOC(=O)Nc1cccc(C(=O)Nc2ccc(N3CCCC3=O)c(Cl)c2)c1. The van der Waals surface area contributed by atoms with Crippen LogP contribution < -0.4 is 15.5 Å². The van der Waals surface area contributed by atoms with Crippen LogP contribution >= 0.6 is 11.6 Å². The molecule has 0 bridgehead atoms. The molecule has 0 aromatic heterocycles. The lowest BCUT2D eigenvalue weighted by molar-refractivity contribution is -0.117. The van der Waals surface area contributed by atoms with Crippen molar-refractivity contribution in [2.75, 3.05) is 28.7 Å². The third kappa shape index (κ3) is 4.61. The number of anilines is 3. The molecule has 1 saturated heterocycles. The van der Waals surface area contributed by atoms with Gasteiger partial charge < -0.3 is 15.0 Å². The average molecular weight is 402 g/mol. The highest BCUT2D eigenvalue weighted by atomic mass is 35.5. The van der Waals surface area contributed by atoms with Gasteiger partial charge >= 0.3 is 6.09 Å². The van der Waals surface area contributed by atoms with E-state index in [1.807, 2.05) is 0 Å². The van der Waals surface area contributed by atoms with Crippen LogP contribution in [0, 0.1) is 0 Å². The lowest BCUT2D eigenvalue weighted by atomic mass is 10.1. The molecule has 0 aliphatic carbocycles. The first-order valence-corrected chi connectivity index (χ1v) is 9.31. The number of hydrogen-bond donors (Lipinski definition) is 2. The fourth-order valence-corrected chi connectivity index (χ4v) is 3.22. The normalized spacial score (nSPS) is 13.4. The van der Waals surface area contributed by atoms with Gasteiger partial charge in [0.2, 0.25) is 5.91 Å². The van der Waals surface area contributed by atoms with Gasteiger partial charge in [0.25, 0.3) is 5.91 Å². The van der Waals surface area contributed by atoms with Crippen molar-refractivity contribution in [3.05, 3.63) is 53.1 Å². The summed E-state index contributed by atoms with van der Waals surface area (Å²) in [5, 5.41) is 5.71. The Labute approximate surface area is 167 Å². The molecule has 8 heteroatoms. The Morgan fingerprint density at radius 1 is 1.14 bits per heavy atom. The molecule has 1 aliphatic heterocycles. The quantitative estimate of drug-likeness (QED) is 0.782. The van der Waals surface area contributed by atoms with Gasteiger partial charge in [-0.3, -0.25) is 14.9 Å². The van der Waals surface area contributed by atoms with Crippen molar-refractivity contribution in [1.29, 1.82) is 0 Å². The summed E-state index contributed by atoms with van der Waals surface area (Å²) in [6.45, 7) is 2.61. The van der Waals surface area contributed by atoms with Crippen LogP contribution in [0.15, 0.2) is 42.5 Å². The Kier molecular flexibility index (Phi) is 6.16. The minimum atomic E-state index is -0.584. The van der Waals surface area contributed by atoms with Gasteiger partial charge in [-0.1, -0.05) is 17.7 Å². The number of nitrogens with zero attached hydrogens (tertiary/aromatic N) is 1. The maximum atomic E-state index is 12.5. The van der Waals surface area contributed by atoms with Crippen LogP contribution in [0.3, 0.4) is 0 Å². The topological polar surface area (TPSA) is 87.7 Å². The van der Waals surface area contributed by atoms with Gasteiger partial charge in [-0.25, -0.2) is 4.79 Å². The Morgan fingerprint density at radius 2 is 1.93 bits per heavy atom. The number of hydrogen-bond acceptors (Lipinski definition) is 4. The molecular weight excluding hydrogens is 382 g/mol. The molecule has 3 rings (SSSR count). The van der Waals surface area contributed by atoms with Gasteiger partial charge in [0, 0.05) is 29.9 Å². The maximum absolute atomic E-state index is 12.5. The molecule has 7 nitrogen and oxygen atoms in total. The lowest BCUT2D eigenvalue weighted by Gasteiger charge is -2.18. The van der Waals surface area contributed by atoms with Crippen molar-refractivity contribution < 1.29 is 19.1 Å². The second-order valence-electron chi connectivity index (χ2n) is 6.20. The molecule has 1 fully saturated rings. The van der Waals surface area contributed by atoms with Crippen LogP contribution in [0.5, 0.6) is 0 Å². The summed E-state index contributed by atoms with van der Waals surface area (Å²) in [5.74, 6) is -0.307. The molecule has 1 heterocycles. The van der Waals surface area contributed by atoms with Crippen LogP contribution in [0.2, 0.25) is 5.02 Å². The van der Waals surface area contributed by atoms with E-state index in [2.05, 4.69) is 10.6 Å². The summed E-state index contributed by atoms with van der Waals surface area (Å²) in [7, 11) is 0. The zero-order valence-electron chi connectivity index (χ0n) is 15.3. The Balaban J connectivity index is 1.70. The smallest absolute Gasteiger partial charge is 0.411 e. The number of carbonyl (C=O) groups is 3. The molecule has 3 amide bonds. The summed E-state index contributed by atoms with van der Waals surface area (Å²) in [5.41, 5.74) is 1.97. The molecule has 0 spiro atoms. The number of carbonyl (C=O) groups excluding carboxylic acids is 3. The van der Waals surface area contributed by atoms with E-state index in [0.717, 1.165) is 6.42 Å². The van der Waals surface area contributed by atoms with E-state index in [-0.39, 0.29) is 18.4 Å². The van der Waals surface area contributed by atoms with Gasteiger partial charge in [0.05, 0.1) is 17.3 Å². The van der Waals surface area contributed by atoms with Crippen molar-refractivity contribution >= 4 is 46.6 Å². The summed E-state index contributed by atoms with van der Waals surface area (Å²) >= 11 is 6.31. The number of amides is 3. The molecule has 2 aromatic carbocycles. The third-order valence-corrected chi connectivity index (χ3v) is 4.52. The summed E-state index contributed by atoms with van der Waals surface area (Å²) < 4.78 is 4.82. The molecule has 2 N–H and O–H groups in total. The highest BCUT2D eigenvalue weighted by Gasteiger charge is 2.23. The van der Waals surface area contributed by atoms with E-state index in [1.54, 1.807) is 54.3 Å². The average Bonchev–Trinajstić information content (AvgIpc) is 3.08. The number of nitrogens with one attached hydrogen (secondary N) is 2. The van der Waals surface area contributed by atoms with E-state index in [1.165, 1.54) is 0 Å². The third-order valence-electron chi connectivity index (χ3n) is 4.22. The first kappa shape index (κ1) is 19.7. The molecule has 0 saturated carbocycles. The van der Waals surface area contributed by atoms with E-state index in [0.29, 0.717) is 40.6 Å². The van der Waals surface area contributed by atoms with E-state index in [4.69, 9.17) is 16.3 Å². The predicted octanol–water partition coefficient (Wildman–Crippen LogP) is 4.29. The van der Waals surface area contributed by atoms with Gasteiger partial charge in [-0.05, 0) is 49.7 Å².